The summed E-state index contributed by atoms with van der Waals surface area (Å²) < 4.78 is 5.14. The molecule has 0 atom stereocenters. The van der Waals surface area contributed by atoms with Gasteiger partial charge in [-0.3, -0.25) is 4.79 Å². The average molecular weight is 236 g/mol. The van der Waals surface area contributed by atoms with Crippen LogP contribution < -0.4 is 11.1 Å². The Kier molecular flexibility index (Phi) is 3.78. The molecule has 0 saturated heterocycles. The molecule has 17 heavy (non-hydrogen) atoms. The first kappa shape index (κ1) is 13.5. The van der Waals surface area contributed by atoms with E-state index < -0.39 is 5.60 Å². The van der Waals surface area contributed by atoms with Gasteiger partial charge < -0.3 is 15.8 Å². The quantitative estimate of drug-likeness (QED) is 0.791. The molecule has 94 valence electrons. The number of anilines is 2. The van der Waals surface area contributed by atoms with Crippen LogP contribution in [-0.4, -0.2) is 18.6 Å². The maximum Gasteiger partial charge on any atom is 0.256 e. The fraction of sp³-hybridized carbons (Fsp3) is 0.462. The molecule has 3 N–H and O–H groups in total. The predicted octanol–water partition coefficient (Wildman–Crippen LogP) is 2.25. The highest BCUT2D eigenvalue weighted by Crippen LogP contribution is 2.24. The molecule has 0 unspecified atom stereocenters. The van der Waals surface area contributed by atoms with E-state index in [2.05, 4.69) is 5.32 Å². The number of carbonyl (C=O) groups excluding carboxylic acids is 1. The summed E-state index contributed by atoms with van der Waals surface area (Å²) in [6, 6.07) is 3.67. The number of nitrogens with one attached hydrogen (secondary N) is 1. The zero-order valence-electron chi connectivity index (χ0n) is 11.0. The summed E-state index contributed by atoms with van der Waals surface area (Å²) in [6.07, 6.45) is 0. The molecule has 1 rings (SSSR count). The van der Waals surface area contributed by atoms with Crippen LogP contribution in [0, 0.1) is 13.8 Å². The molecule has 4 nitrogen and oxygen atoms in total. The summed E-state index contributed by atoms with van der Waals surface area (Å²) in [5.74, 6) is -0.170. The normalized spacial score (nSPS) is 11.4. The lowest BCUT2D eigenvalue weighted by Gasteiger charge is -2.23. The summed E-state index contributed by atoms with van der Waals surface area (Å²) in [5, 5.41) is 2.88. The number of aryl methyl sites for hydroxylation is 2. The number of hydrogen-bond acceptors (Lipinski definition) is 3. The van der Waals surface area contributed by atoms with Gasteiger partial charge in [0.05, 0.1) is 0 Å². The first-order chi connectivity index (χ1) is 7.77. The Morgan fingerprint density at radius 2 is 1.76 bits per heavy atom. The largest absolute Gasteiger partial charge is 0.399 e. The van der Waals surface area contributed by atoms with Crippen molar-refractivity contribution in [2.24, 2.45) is 0 Å². The van der Waals surface area contributed by atoms with Crippen molar-refractivity contribution in [2.75, 3.05) is 18.2 Å². The van der Waals surface area contributed by atoms with Crippen LogP contribution in [0.15, 0.2) is 12.1 Å². The van der Waals surface area contributed by atoms with Crippen molar-refractivity contribution in [1.29, 1.82) is 0 Å². The first-order valence-corrected chi connectivity index (χ1v) is 5.51. The zero-order chi connectivity index (χ0) is 13.2. The van der Waals surface area contributed by atoms with Crippen LogP contribution in [0.3, 0.4) is 0 Å². The molecule has 0 aliphatic rings. The number of rotatable bonds is 3. The van der Waals surface area contributed by atoms with E-state index in [-0.39, 0.29) is 5.91 Å². The molecule has 1 aromatic carbocycles. The molecule has 0 heterocycles. The smallest absolute Gasteiger partial charge is 0.256 e. The van der Waals surface area contributed by atoms with E-state index in [0.717, 1.165) is 16.8 Å². The van der Waals surface area contributed by atoms with E-state index >= 15 is 0 Å². The van der Waals surface area contributed by atoms with E-state index in [9.17, 15) is 4.79 Å². The third-order valence-electron chi connectivity index (χ3n) is 2.85. The van der Waals surface area contributed by atoms with Gasteiger partial charge in [-0.2, -0.15) is 0 Å². The van der Waals surface area contributed by atoms with E-state index in [4.69, 9.17) is 10.5 Å². The van der Waals surface area contributed by atoms with Crippen LogP contribution in [-0.2, 0) is 9.53 Å². The van der Waals surface area contributed by atoms with Gasteiger partial charge in [0.1, 0.15) is 5.60 Å². The van der Waals surface area contributed by atoms with Crippen molar-refractivity contribution in [2.45, 2.75) is 33.3 Å². The summed E-state index contributed by atoms with van der Waals surface area (Å²) in [7, 11) is 1.52. The van der Waals surface area contributed by atoms with E-state index in [0.29, 0.717) is 5.69 Å². The lowest BCUT2D eigenvalue weighted by Crippen LogP contribution is -2.39. The van der Waals surface area contributed by atoms with Crippen LogP contribution in [0.2, 0.25) is 0 Å². The number of nitrogen functional groups attached to an aromatic ring is 1. The molecule has 0 radical (unpaired) electrons. The molecule has 0 fully saturated rings. The Bertz CT molecular complexity index is 416. The Morgan fingerprint density at radius 3 is 2.18 bits per heavy atom. The van der Waals surface area contributed by atoms with Gasteiger partial charge in [0.25, 0.3) is 5.91 Å². The molecule has 0 saturated carbocycles. The fourth-order valence-corrected chi connectivity index (χ4v) is 1.55. The van der Waals surface area contributed by atoms with E-state index in [1.807, 2.05) is 26.0 Å². The van der Waals surface area contributed by atoms with Crippen LogP contribution >= 0.6 is 0 Å². The molecular weight excluding hydrogens is 216 g/mol. The average Bonchev–Trinajstić information content (AvgIpc) is 2.22. The highest BCUT2D eigenvalue weighted by atomic mass is 16.5. The van der Waals surface area contributed by atoms with Gasteiger partial charge in [0.2, 0.25) is 0 Å². The van der Waals surface area contributed by atoms with Crippen LogP contribution in [0.25, 0.3) is 0 Å². The van der Waals surface area contributed by atoms with Gasteiger partial charge in [-0.05, 0) is 51.0 Å². The van der Waals surface area contributed by atoms with Crippen molar-refractivity contribution in [3.8, 4) is 0 Å². The molecule has 0 aromatic heterocycles. The second-order valence-electron chi connectivity index (χ2n) is 4.70. The Labute approximate surface area is 102 Å². The maximum absolute atomic E-state index is 12.0. The van der Waals surface area contributed by atoms with E-state index in [1.165, 1.54) is 7.11 Å². The molecular formula is C13H20N2O2. The zero-order valence-corrected chi connectivity index (χ0v) is 11.0. The van der Waals surface area contributed by atoms with Gasteiger partial charge in [-0.1, -0.05) is 0 Å². The number of methoxy groups -OCH3 is 1. The molecule has 0 spiro atoms. The molecule has 0 aliphatic carbocycles. The van der Waals surface area contributed by atoms with Gasteiger partial charge in [0.15, 0.2) is 0 Å². The minimum atomic E-state index is -0.847. The van der Waals surface area contributed by atoms with Crippen molar-refractivity contribution >= 4 is 17.3 Å². The number of benzene rings is 1. The van der Waals surface area contributed by atoms with E-state index in [1.54, 1.807) is 13.8 Å². The molecule has 0 aliphatic heterocycles. The Hall–Kier alpha value is -1.55. The Balaban J connectivity index is 3.01. The summed E-state index contributed by atoms with van der Waals surface area (Å²) in [4.78, 5) is 12.0. The fourth-order valence-electron chi connectivity index (χ4n) is 1.55. The second-order valence-corrected chi connectivity index (χ2v) is 4.70. The summed E-state index contributed by atoms with van der Waals surface area (Å²) in [5.41, 5.74) is 8.28. The van der Waals surface area contributed by atoms with Gasteiger partial charge in [0, 0.05) is 18.5 Å². The number of hydrogen-bond donors (Lipinski definition) is 2. The van der Waals surface area contributed by atoms with Crippen LogP contribution in [0.4, 0.5) is 11.4 Å². The first-order valence-electron chi connectivity index (χ1n) is 5.51. The maximum atomic E-state index is 12.0. The monoisotopic (exact) mass is 236 g/mol. The third kappa shape index (κ3) is 2.97. The van der Waals surface area contributed by atoms with Gasteiger partial charge in [-0.25, -0.2) is 0 Å². The highest BCUT2D eigenvalue weighted by Gasteiger charge is 2.27. The standard InChI is InChI=1S/C13H20N2O2/c1-8-6-10(14)7-9(2)11(8)15-12(16)13(3,4)17-5/h6-7H,14H2,1-5H3,(H,15,16). The Morgan fingerprint density at radius 1 is 1.29 bits per heavy atom. The lowest BCUT2D eigenvalue weighted by atomic mass is 10.1. The number of nitrogens with two attached hydrogens (primary N) is 1. The number of ether oxygens (including phenoxy) is 1. The molecule has 1 amide bonds. The minimum absolute atomic E-state index is 0.170. The van der Waals surface area contributed by atoms with Crippen molar-refractivity contribution in [3.63, 3.8) is 0 Å². The predicted molar refractivity (Wildman–Crippen MR) is 70.0 cm³/mol. The SMILES string of the molecule is COC(C)(C)C(=O)Nc1c(C)cc(N)cc1C. The highest BCUT2D eigenvalue weighted by molar-refractivity contribution is 5.98. The van der Waals surface area contributed by atoms with Gasteiger partial charge in [-0.15, -0.1) is 0 Å². The number of carbonyl (C=O) groups is 1. The summed E-state index contributed by atoms with van der Waals surface area (Å²) in [6.45, 7) is 7.28. The third-order valence-corrected chi connectivity index (χ3v) is 2.85. The molecule has 0 bridgehead atoms. The van der Waals surface area contributed by atoms with Crippen molar-refractivity contribution in [3.05, 3.63) is 23.3 Å². The minimum Gasteiger partial charge on any atom is -0.399 e. The molecule has 1 aromatic rings. The number of amides is 1. The summed E-state index contributed by atoms with van der Waals surface area (Å²) >= 11 is 0. The lowest BCUT2D eigenvalue weighted by molar-refractivity contribution is -0.133. The molecule has 4 heteroatoms. The van der Waals surface area contributed by atoms with Crippen LogP contribution in [0.5, 0.6) is 0 Å². The van der Waals surface area contributed by atoms with Crippen molar-refractivity contribution in [1.82, 2.24) is 0 Å². The van der Waals surface area contributed by atoms with Crippen LogP contribution in [0.1, 0.15) is 25.0 Å². The topological polar surface area (TPSA) is 64.3 Å². The van der Waals surface area contributed by atoms with Crippen molar-refractivity contribution < 1.29 is 9.53 Å². The van der Waals surface area contributed by atoms with Gasteiger partial charge >= 0.3 is 0 Å². The second kappa shape index (κ2) is 4.75.